The minimum atomic E-state index is 0.728. The van der Waals surface area contributed by atoms with Crippen LogP contribution in [0.5, 0.6) is 0 Å². The SMILES string of the molecule is CCCCC[C@H]1CC[C@H](C2CCC(C/C=C/F)CC2)CC1. The van der Waals surface area contributed by atoms with Crippen LogP contribution in [-0.2, 0) is 0 Å². The molecule has 0 aromatic carbocycles. The third kappa shape index (κ3) is 5.75. The van der Waals surface area contributed by atoms with Crippen LogP contribution in [-0.4, -0.2) is 0 Å². The van der Waals surface area contributed by atoms with Crippen LogP contribution in [0, 0.1) is 23.7 Å². The highest BCUT2D eigenvalue weighted by atomic mass is 19.1. The first-order chi connectivity index (χ1) is 10.3. The van der Waals surface area contributed by atoms with Crippen LogP contribution in [0.1, 0.15) is 90.4 Å². The van der Waals surface area contributed by atoms with Crippen molar-refractivity contribution in [3.05, 3.63) is 12.4 Å². The minimum Gasteiger partial charge on any atom is -0.216 e. The smallest absolute Gasteiger partial charge is 0.0827 e. The molecule has 1 heteroatoms. The molecule has 2 aliphatic rings. The van der Waals surface area contributed by atoms with Gasteiger partial charge in [0.15, 0.2) is 0 Å². The predicted molar refractivity (Wildman–Crippen MR) is 89.9 cm³/mol. The molecule has 2 rings (SSSR count). The van der Waals surface area contributed by atoms with Gasteiger partial charge in [0, 0.05) is 0 Å². The van der Waals surface area contributed by atoms with Gasteiger partial charge in [-0.25, -0.2) is 4.39 Å². The van der Waals surface area contributed by atoms with E-state index in [-0.39, 0.29) is 0 Å². The van der Waals surface area contributed by atoms with Gasteiger partial charge in [-0.3, -0.25) is 0 Å². The van der Waals surface area contributed by atoms with E-state index in [0.717, 1.165) is 36.4 Å². The average Bonchev–Trinajstić information content (AvgIpc) is 2.54. The van der Waals surface area contributed by atoms with Gasteiger partial charge in [0.1, 0.15) is 0 Å². The molecule has 0 aliphatic heterocycles. The van der Waals surface area contributed by atoms with Crippen LogP contribution in [0.15, 0.2) is 12.4 Å². The van der Waals surface area contributed by atoms with Gasteiger partial charge >= 0.3 is 0 Å². The summed E-state index contributed by atoms with van der Waals surface area (Å²) in [5.74, 6) is 3.81. The lowest BCUT2D eigenvalue weighted by Crippen LogP contribution is -2.25. The van der Waals surface area contributed by atoms with Crippen LogP contribution in [0.25, 0.3) is 0 Å². The first-order valence-electron chi connectivity index (χ1n) is 9.58. The summed E-state index contributed by atoms with van der Waals surface area (Å²) in [5.41, 5.74) is 0. The standard InChI is InChI=1S/C20H35F/c1-2-3-4-6-17-8-12-19(13-9-17)20-14-10-18(11-15-20)7-5-16-21/h5,16-20H,2-4,6-15H2,1H3/b16-5+/t17-,18?,19-,20?. The molecular weight excluding hydrogens is 259 g/mol. The molecule has 0 aromatic rings. The number of allylic oxidation sites excluding steroid dienone is 1. The molecule has 2 aliphatic carbocycles. The lowest BCUT2D eigenvalue weighted by atomic mass is 9.68. The van der Waals surface area contributed by atoms with E-state index in [9.17, 15) is 4.39 Å². The minimum absolute atomic E-state index is 0.728. The molecule has 0 saturated heterocycles. The third-order valence-corrected chi connectivity index (χ3v) is 6.22. The van der Waals surface area contributed by atoms with Gasteiger partial charge in [-0.2, -0.15) is 0 Å². The second-order valence-corrected chi connectivity index (χ2v) is 7.65. The Kier molecular flexibility index (Phi) is 7.82. The number of halogens is 1. The number of rotatable bonds is 7. The number of unbranched alkanes of at least 4 members (excludes halogenated alkanes) is 2. The molecule has 0 spiro atoms. The summed E-state index contributed by atoms with van der Waals surface area (Å²) in [7, 11) is 0. The molecular formula is C20H35F. The second-order valence-electron chi connectivity index (χ2n) is 7.65. The van der Waals surface area contributed by atoms with E-state index in [0.29, 0.717) is 0 Å². The summed E-state index contributed by atoms with van der Waals surface area (Å²) >= 11 is 0. The van der Waals surface area contributed by atoms with Gasteiger partial charge in [0.25, 0.3) is 0 Å². The molecule has 0 radical (unpaired) electrons. The Morgan fingerprint density at radius 1 is 0.810 bits per heavy atom. The van der Waals surface area contributed by atoms with E-state index in [1.54, 1.807) is 6.08 Å². The maximum absolute atomic E-state index is 12.1. The molecule has 0 heterocycles. The molecule has 122 valence electrons. The zero-order valence-corrected chi connectivity index (χ0v) is 14.0. The van der Waals surface area contributed by atoms with Gasteiger partial charge in [0.2, 0.25) is 0 Å². The van der Waals surface area contributed by atoms with Gasteiger partial charge in [0.05, 0.1) is 6.33 Å². The van der Waals surface area contributed by atoms with Crippen LogP contribution in [0.3, 0.4) is 0 Å². The van der Waals surface area contributed by atoms with Crippen molar-refractivity contribution in [2.75, 3.05) is 0 Å². The van der Waals surface area contributed by atoms with Crippen molar-refractivity contribution in [3.63, 3.8) is 0 Å². The second kappa shape index (κ2) is 9.64. The molecule has 2 fully saturated rings. The first kappa shape index (κ1) is 17.0. The average molecular weight is 294 g/mol. The Morgan fingerprint density at radius 3 is 1.90 bits per heavy atom. The molecule has 0 unspecified atom stereocenters. The summed E-state index contributed by atoms with van der Waals surface area (Å²) in [6.45, 7) is 2.30. The van der Waals surface area contributed by atoms with E-state index in [1.165, 1.54) is 77.0 Å². The fourth-order valence-electron chi connectivity index (χ4n) is 4.77. The third-order valence-electron chi connectivity index (χ3n) is 6.22. The predicted octanol–water partition coefficient (Wildman–Crippen LogP) is 7.05. The summed E-state index contributed by atoms with van der Waals surface area (Å²) in [6, 6.07) is 0. The van der Waals surface area contributed by atoms with Crippen molar-refractivity contribution in [2.45, 2.75) is 90.4 Å². The van der Waals surface area contributed by atoms with E-state index >= 15 is 0 Å². The van der Waals surface area contributed by atoms with Crippen LogP contribution >= 0.6 is 0 Å². The normalized spacial score (nSPS) is 34.4. The molecule has 21 heavy (non-hydrogen) atoms. The Hall–Kier alpha value is -0.330. The molecule has 2 saturated carbocycles. The summed E-state index contributed by atoms with van der Waals surface area (Å²) in [6.07, 6.45) is 20.6. The fourth-order valence-corrected chi connectivity index (χ4v) is 4.77. The topological polar surface area (TPSA) is 0 Å². The highest BCUT2D eigenvalue weighted by Gasteiger charge is 2.30. The molecule has 0 amide bonds. The Labute approximate surface area is 131 Å². The van der Waals surface area contributed by atoms with Crippen LogP contribution < -0.4 is 0 Å². The van der Waals surface area contributed by atoms with E-state index in [4.69, 9.17) is 0 Å². The Morgan fingerprint density at radius 2 is 1.38 bits per heavy atom. The summed E-state index contributed by atoms with van der Waals surface area (Å²) in [4.78, 5) is 0. The van der Waals surface area contributed by atoms with Crippen molar-refractivity contribution in [1.82, 2.24) is 0 Å². The number of hydrogen-bond acceptors (Lipinski definition) is 0. The quantitative estimate of drug-likeness (QED) is 0.441. The molecule has 0 N–H and O–H groups in total. The van der Waals surface area contributed by atoms with Crippen LogP contribution in [0.4, 0.5) is 4.39 Å². The Balaban J connectivity index is 1.62. The summed E-state index contributed by atoms with van der Waals surface area (Å²) in [5, 5.41) is 0. The maximum Gasteiger partial charge on any atom is 0.0827 e. The summed E-state index contributed by atoms with van der Waals surface area (Å²) < 4.78 is 12.1. The van der Waals surface area contributed by atoms with Gasteiger partial charge in [-0.15, -0.1) is 0 Å². The molecule has 0 nitrogen and oxygen atoms in total. The lowest BCUT2D eigenvalue weighted by Gasteiger charge is -2.37. The monoisotopic (exact) mass is 294 g/mol. The van der Waals surface area contributed by atoms with Crippen LogP contribution in [0.2, 0.25) is 0 Å². The molecule has 0 aromatic heterocycles. The zero-order chi connectivity index (χ0) is 14.9. The van der Waals surface area contributed by atoms with Crippen molar-refractivity contribution in [1.29, 1.82) is 0 Å². The van der Waals surface area contributed by atoms with Gasteiger partial charge in [-0.05, 0) is 68.6 Å². The van der Waals surface area contributed by atoms with E-state index in [1.807, 2.05) is 0 Å². The van der Waals surface area contributed by atoms with E-state index in [2.05, 4.69) is 6.92 Å². The highest BCUT2D eigenvalue weighted by Crippen LogP contribution is 2.42. The largest absolute Gasteiger partial charge is 0.216 e. The molecule has 0 atom stereocenters. The van der Waals surface area contributed by atoms with Gasteiger partial charge < -0.3 is 0 Å². The van der Waals surface area contributed by atoms with Gasteiger partial charge in [-0.1, -0.05) is 51.5 Å². The number of hydrogen-bond donors (Lipinski definition) is 0. The fraction of sp³-hybridized carbons (Fsp3) is 0.900. The zero-order valence-electron chi connectivity index (χ0n) is 14.0. The maximum atomic E-state index is 12.1. The van der Waals surface area contributed by atoms with Crippen molar-refractivity contribution in [3.8, 4) is 0 Å². The highest BCUT2D eigenvalue weighted by molar-refractivity contribution is 4.85. The van der Waals surface area contributed by atoms with Crippen molar-refractivity contribution >= 4 is 0 Å². The molecule has 0 bridgehead atoms. The lowest BCUT2D eigenvalue weighted by molar-refractivity contribution is 0.143. The first-order valence-corrected chi connectivity index (χ1v) is 9.58. The van der Waals surface area contributed by atoms with Crippen molar-refractivity contribution < 1.29 is 4.39 Å². The van der Waals surface area contributed by atoms with Crippen molar-refractivity contribution in [2.24, 2.45) is 23.7 Å². The van der Waals surface area contributed by atoms with E-state index < -0.39 is 0 Å². The Bertz CT molecular complexity index is 280.